The highest BCUT2D eigenvalue weighted by Gasteiger charge is 2.21. The van der Waals surface area contributed by atoms with Gasteiger partial charge in [-0.3, -0.25) is 15.1 Å². The number of pyridine rings is 1. The lowest BCUT2D eigenvalue weighted by Crippen LogP contribution is -2.07. The molecule has 0 unspecified atom stereocenters. The molecule has 0 fully saturated rings. The third-order valence-electron chi connectivity index (χ3n) is 3.39. The molecule has 1 aromatic heterocycles. The second-order valence-electron chi connectivity index (χ2n) is 5.05. The molecule has 3 aromatic rings. The summed E-state index contributed by atoms with van der Waals surface area (Å²) in [4.78, 5) is 26.8. The zero-order valence-electron chi connectivity index (χ0n) is 12.8. The van der Waals surface area contributed by atoms with Crippen molar-refractivity contribution in [3.63, 3.8) is 0 Å². The Morgan fingerprint density at radius 3 is 2.64 bits per heavy atom. The summed E-state index contributed by atoms with van der Waals surface area (Å²) in [6, 6.07) is 13.1. The van der Waals surface area contributed by atoms with Gasteiger partial charge in [-0.05, 0) is 35.9 Å². The molecule has 0 bridgehead atoms. The van der Waals surface area contributed by atoms with Crippen molar-refractivity contribution in [3.05, 3.63) is 81.5 Å². The van der Waals surface area contributed by atoms with E-state index in [9.17, 15) is 14.9 Å². The molecule has 0 radical (unpaired) electrons. The average molecular weight is 355 g/mol. The first-order valence-electron chi connectivity index (χ1n) is 7.22. The summed E-state index contributed by atoms with van der Waals surface area (Å²) >= 11 is 5.80. The fraction of sp³-hybridized carbons (Fsp3) is 0. The molecule has 25 heavy (non-hydrogen) atoms. The Balaban J connectivity index is 1.91. The van der Waals surface area contributed by atoms with Crippen LogP contribution in [0.25, 0.3) is 17.0 Å². The molecule has 0 saturated carbocycles. The van der Waals surface area contributed by atoms with Crippen LogP contribution in [0.3, 0.4) is 0 Å². The van der Waals surface area contributed by atoms with Crippen LogP contribution in [-0.2, 0) is 4.79 Å². The van der Waals surface area contributed by atoms with Crippen LogP contribution in [0.15, 0.2) is 60.8 Å². The topological polar surface area (TPSA) is 82.3 Å². The molecular formula is C18H11ClN2O4. The molecular weight excluding hydrogens is 344 g/mol. The van der Waals surface area contributed by atoms with Crippen LogP contribution >= 0.6 is 11.6 Å². The first kappa shape index (κ1) is 16.6. The average Bonchev–Trinajstić information content (AvgIpc) is 2.61. The van der Waals surface area contributed by atoms with Crippen molar-refractivity contribution in [1.82, 2.24) is 4.98 Å². The molecule has 3 rings (SSSR count). The zero-order valence-corrected chi connectivity index (χ0v) is 13.5. The van der Waals surface area contributed by atoms with Crippen LogP contribution in [0.5, 0.6) is 5.75 Å². The largest absolute Gasteiger partial charge is 0.414 e. The van der Waals surface area contributed by atoms with E-state index in [1.807, 2.05) is 0 Å². The van der Waals surface area contributed by atoms with E-state index < -0.39 is 10.9 Å². The minimum Gasteiger partial charge on any atom is -0.414 e. The number of nitro groups is 1. The number of benzene rings is 2. The minimum absolute atomic E-state index is 0.172. The molecule has 0 N–H and O–H groups in total. The molecule has 124 valence electrons. The van der Waals surface area contributed by atoms with Gasteiger partial charge in [0, 0.05) is 28.7 Å². The predicted molar refractivity (Wildman–Crippen MR) is 94.5 cm³/mol. The number of hydrogen-bond donors (Lipinski definition) is 0. The quantitative estimate of drug-likeness (QED) is 0.228. The van der Waals surface area contributed by atoms with Crippen molar-refractivity contribution in [2.75, 3.05) is 0 Å². The second-order valence-corrected chi connectivity index (χ2v) is 5.49. The van der Waals surface area contributed by atoms with Gasteiger partial charge in [0.2, 0.25) is 5.75 Å². The maximum atomic E-state index is 12.1. The zero-order chi connectivity index (χ0) is 17.8. The summed E-state index contributed by atoms with van der Waals surface area (Å²) in [6.45, 7) is 0. The predicted octanol–water partition coefficient (Wildman–Crippen LogP) is 4.42. The van der Waals surface area contributed by atoms with Crippen LogP contribution in [0.2, 0.25) is 5.02 Å². The summed E-state index contributed by atoms with van der Waals surface area (Å²) in [6.07, 6.45) is 4.20. The van der Waals surface area contributed by atoms with E-state index in [-0.39, 0.29) is 17.0 Å². The van der Waals surface area contributed by atoms with Gasteiger partial charge in [0.1, 0.15) is 5.52 Å². The Morgan fingerprint density at radius 2 is 1.92 bits per heavy atom. The minimum atomic E-state index is -0.740. The third kappa shape index (κ3) is 3.81. The van der Waals surface area contributed by atoms with E-state index in [0.29, 0.717) is 10.4 Å². The maximum Gasteiger partial charge on any atom is 0.336 e. The van der Waals surface area contributed by atoms with Gasteiger partial charge in [-0.25, -0.2) is 4.79 Å². The van der Waals surface area contributed by atoms with Gasteiger partial charge in [0.15, 0.2) is 0 Å². The molecule has 0 aliphatic rings. The summed E-state index contributed by atoms with van der Waals surface area (Å²) in [7, 11) is 0. The van der Waals surface area contributed by atoms with Crippen molar-refractivity contribution in [2.24, 2.45) is 0 Å². The Kier molecular flexibility index (Phi) is 4.72. The Hall–Kier alpha value is -3.25. The van der Waals surface area contributed by atoms with Gasteiger partial charge in [-0.1, -0.05) is 29.8 Å². The Bertz CT molecular complexity index is 984. The molecule has 0 spiro atoms. The number of rotatable bonds is 4. The maximum absolute atomic E-state index is 12.1. The van der Waals surface area contributed by atoms with Crippen molar-refractivity contribution in [2.45, 2.75) is 0 Å². The summed E-state index contributed by atoms with van der Waals surface area (Å²) in [5.74, 6) is -0.912. The molecule has 0 saturated heterocycles. The highest BCUT2D eigenvalue weighted by molar-refractivity contribution is 6.30. The lowest BCUT2D eigenvalue weighted by atomic mass is 10.2. The van der Waals surface area contributed by atoms with Gasteiger partial charge in [0.05, 0.1) is 4.92 Å². The first-order chi connectivity index (χ1) is 12.0. The number of esters is 1. The normalized spacial score (nSPS) is 10.9. The lowest BCUT2D eigenvalue weighted by Gasteiger charge is -2.06. The van der Waals surface area contributed by atoms with Crippen LogP contribution < -0.4 is 4.74 Å². The van der Waals surface area contributed by atoms with Gasteiger partial charge < -0.3 is 4.74 Å². The van der Waals surface area contributed by atoms with E-state index in [1.54, 1.807) is 42.5 Å². The fourth-order valence-corrected chi connectivity index (χ4v) is 2.35. The van der Waals surface area contributed by atoms with Gasteiger partial charge in [-0.2, -0.15) is 0 Å². The highest BCUT2D eigenvalue weighted by atomic mass is 35.5. The molecule has 0 aliphatic heterocycles. The number of halogens is 1. The molecule has 0 aliphatic carbocycles. The van der Waals surface area contributed by atoms with Crippen LogP contribution in [0.1, 0.15) is 5.56 Å². The van der Waals surface area contributed by atoms with Crippen molar-refractivity contribution >= 4 is 40.2 Å². The highest BCUT2D eigenvalue weighted by Crippen LogP contribution is 2.34. The SMILES string of the molecule is O=C(C=Cc1ccc(Cl)cc1)Oc1c([N+](=O)[O-])ccc2cccnc12. The number of aromatic nitrogens is 1. The van der Waals surface area contributed by atoms with Gasteiger partial charge in [0.25, 0.3) is 0 Å². The Labute approximate surface area is 147 Å². The van der Waals surface area contributed by atoms with E-state index >= 15 is 0 Å². The van der Waals surface area contributed by atoms with Crippen molar-refractivity contribution in [1.29, 1.82) is 0 Å². The summed E-state index contributed by atoms with van der Waals surface area (Å²) in [5, 5.41) is 12.4. The summed E-state index contributed by atoms with van der Waals surface area (Å²) < 4.78 is 5.21. The first-order valence-corrected chi connectivity index (χ1v) is 7.60. The molecule has 6 nitrogen and oxygen atoms in total. The van der Waals surface area contributed by atoms with E-state index in [2.05, 4.69) is 4.98 Å². The van der Waals surface area contributed by atoms with Crippen molar-refractivity contribution < 1.29 is 14.5 Å². The second kappa shape index (κ2) is 7.11. The Morgan fingerprint density at radius 1 is 1.16 bits per heavy atom. The number of nitro benzene ring substituents is 1. The van der Waals surface area contributed by atoms with E-state index in [1.165, 1.54) is 24.4 Å². The monoisotopic (exact) mass is 354 g/mol. The lowest BCUT2D eigenvalue weighted by molar-refractivity contribution is -0.385. The smallest absolute Gasteiger partial charge is 0.336 e. The molecule has 0 amide bonds. The summed E-state index contributed by atoms with van der Waals surface area (Å²) in [5.41, 5.74) is 0.677. The third-order valence-corrected chi connectivity index (χ3v) is 3.64. The number of fused-ring (bicyclic) bond motifs is 1. The van der Waals surface area contributed by atoms with Crippen LogP contribution in [0.4, 0.5) is 5.69 Å². The fourth-order valence-electron chi connectivity index (χ4n) is 2.22. The molecule has 1 heterocycles. The van der Waals surface area contributed by atoms with E-state index in [4.69, 9.17) is 16.3 Å². The van der Waals surface area contributed by atoms with Gasteiger partial charge >= 0.3 is 11.7 Å². The molecule has 7 heteroatoms. The number of carbonyl (C=O) groups is 1. The van der Waals surface area contributed by atoms with E-state index in [0.717, 1.165) is 5.56 Å². The van der Waals surface area contributed by atoms with Crippen LogP contribution in [0, 0.1) is 10.1 Å². The standard InChI is InChI=1S/C18H11ClN2O4/c19-14-7-3-12(4-8-14)5-10-16(22)25-18-15(21(23)24)9-6-13-2-1-11-20-17(13)18/h1-11H. The number of carbonyl (C=O) groups excluding carboxylic acids is 1. The molecule has 2 aromatic carbocycles. The number of nitrogens with zero attached hydrogens (tertiary/aromatic N) is 2. The van der Waals surface area contributed by atoms with Gasteiger partial charge in [-0.15, -0.1) is 0 Å². The molecule has 0 atom stereocenters. The number of ether oxygens (including phenoxy) is 1. The van der Waals surface area contributed by atoms with Crippen LogP contribution in [-0.4, -0.2) is 15.9 Å². The number of hydrogen-bond acceptors (Lipinski definition) is 5. The van der Waals surface area contributed by atoms with Crippen molar-refractivity contribution in [3.8, 4) is 5.75 Å².